The fourth-order valence-corrected chi connectivity index (χ4v) is 2.31. The van der Waals surface area contributed by atoms with E-state index in [1.165, 1.54) is 16.7 Å². The van der Waals surface area contributed by atoms with Crippen LogP contribution in [0.3, 0.4) is 0 Å². The summed E-state index contributed by atoms with van der Waals surface area (Å²) < 4.78 is 2.20. The van der Waals surface area contributed by atoms with Crippen LogP contribution < -0.4 is 5.32 Å². The van der Waals surface area contributed by atoms with Crippen molar-refractivity contribution in [3.8, 4) is 0 Å². The van der Waals surface area contributed by atoms with Crippen LogP contribution in [0.15, 0.2) is 30.6 Å². The summed E-state index contributed by atoms with van der Waals surface area (Å²) in [5, 5.41) is 3.56. The summed E-state index contributed by atoms with van der Waals surface area (Å²) in [5.41, 5.74) is 4.04. The molecule has 0 radical (unpaired) electrons. The van der Waals surface area contributed by atoms with Gasteiger partial charge >= 0.3 is 0 Å². The first kappa shape index (κ1) is 13.8. The Morgan fingerprint density at radius 1 is 1.21 bits per heavy atom. The van der Waals surface area contributed by atoms with Gasteiger partial charge < -0.3 is 9.88 Å². The summed E-state index contributed by atoms with van der Waals surface area (Å²) in [6.07, 6.45) is 3.90. The topological polar surface area (TPSA) is 29.9 Å². The Bertz CT molecular complexity index is 543. The van der Waals surface area contributed by atoms with Crippen molar-refractivity contribution < 1.29 is 0 Å². The molecular formula is C16H23N3. The molecule has 0 amide bonds. The molecular weight excluding hydrogens is 234 g/mol. The van der Waals surface area contributed by atoms with Crippen LogP contribution in [0.2, 0.25) is 0 Å². The molecule has 19 heavy (non-hydrogen) atoms. The second-order valence-corrected chi connectivity index (χ2v) is 5.08. The van der Waals surface area contributed by atoms with E-state index in [0.29, 0.717) is 6.04 Å². The summed E-state index contributed by atoms with van der Waals surface area (Å²) in [6.45, 7) is 10.4. The minimum atomic E-state index is 0.331. The third-order valence-corrected chi connectivity index (χ3v) is 3.69. The highest BCUT2D eigenvalue weighted by Crippen LogP contribution is 2.19. The molecule has 3 heteroatoms. The zero-order valence-corrected chi connectivity index (χ0v) is 12.3. The zero-order valence-electron chi connectivity index (χ0n) is 12.3. The number of nitrogens with one attached hydrogen (secondary N) is 1. The third kappa shape index (κ3) is 3.24. The largest absolute Gasteiger partial charge is 0.333 e. The van der Waals surface area contributed by atoms with Gasteiger partial charge in [0.25, 0.3) is 0 Å². The smallest absolute Gasteiger partial charge is 0.105 e. The SMILES string of the molecule is CCNC(Cn1ccnc1C)c1ccc(C)c(C)c1. The molecule has 0 fully saturated rings. The summed E-state index contributed by atoms with van der Waals surface area (Å²) in [7, 11) is 0. The second-order valence-electron chi connectivity index (χ2n) is 5.08. The quantitative estimate of drug-likeness (QED) is 0.891. The minimum absolute atomic E-state index is 0.331. The average Bonchev–Trinajstić information content (AvgIpc) is 2.78. The maximum Gasteiger partial charge on any atom is 0.105 e. The molecule has 2 rings (SSSR count). The van der Waals surface area contributed by atoms with Crippen LogP contribution >= 0.6 is 0 Å². The van der Waals surface area contributed by atoms with E-state index in [0.717, 1.165) is 18.9 Å². The van der Waals surface area contributed by atoms with Crippen molar-refractivity contribution >= 4 is 0 Å². The van der Waals surface area contributed by atoms with Crippen LogP contribution in [0.4, 0.5) is 0 Å². The Kier molecular flexibility index (Phi) is 4.38. The van der Waals surface area contributed by atoms with E-state index >= 15 is 0 Å². The first-order valence-corrected chi connectivity index (χ1v) is 6.90. The number of hydrogen-bond donors (Lipinski definition) is 1. The van der Waals surface area contributed by atoms with Gasteiger partial charge in [0.2, 0.25) is 0 Å². The van der Waals surface area contributed by atoms with E-state index in [1.54, 1.807) is 0 Å². The molecule has 0 saturated heterocycles. The van der Waals surface area contributed by atoms with Crippen molar-refractivity contribution in [2.45, 2.75) is 40.3 Å². The molecule has 1 heterocycles. The van der Waals surface area contributed by atoms with Gasteiger partial charge in [0.1, 0.15) is 5.82 Å². The van der Waals surface area contributed by atoms with Gasteiger partial charge in [0.05, 0.1) is 6.04 Å². The van der Waals surface area contributed by atoms with Gasteiger partial charge in [0.15, 0.2) is 0 Å². The lowest BCUT2D eigenvalue weighted by Crippen LogP contribution is -2.25. The number of hydrogen-bond acceptors (Lipinski definition) is 2. The van der Waals surface area contributed by atoms with E-state index < -0.39 is 0 Å². The van der Waals surface area contributed by atoms with Crippen molar-refractivity contribution in [2.24, 2.45) is 0 Å². The fourth-order valence-electron chi connectivity index (χ4n) is 2.31. The van der Waals surface area contributed by atoms with Crippen molar-refractivity contribution in [3.05, 3.63) is 53.1 Å². The van der Waals surface area contributed by atoms with Gasteiger partial charge in [-0.25, -0.2) is 4.98 Å². The standard InChI is InChI=1S/C16H23N3/c1-5-17-16(11-19-9-8-18-14(19)4)15-7-6-12(2)13(3)10-15/h6-10,16-17H,5,11H2,1-4H3. The Morgan fingerprint density at radius 3 is 2.58 bits per heavy atom. The molecule has 0 aliphatic rings. The zero-order chi connectivity index (χ0) is 13.8. The first-order valence-electron chi connectivity index (χ1n) is 6.90. The van der Waals surface area contributed by atoms with Crippen molar-refractivity contribution in [2.75, 3.05) is 6.54 Å². The molecule has 1 N–H and O–H groups in total. The number of imidazole rings is 1. The van der Waals surface area contributed by atoms with Crippen LogP contribution in [-0.2, 0) is 6.54 Å². The molecule has 0 bridgehead atoms. The Hall–Kier alpha value is -1.61. The van der Waals surface area contributed by atoms with Crippen molar-refractivity contribution in [1.82, 2.24) is 14.9 Å². The lowest BCUT2D eigenvalue weighted by molar-refractivity contribution is 0.469. The van der Waals surface area contributed by atoms with Gasteiger partial charge in [-0.15, -0.1) is 0 Å². The van der Waals surface area contributed by atoms with Crippen LogP contribution in [0, 0.1) is 20.8 Å². The lowest BCUT2D eigenvalue weighted by Gasteiger charge is -2.20. The summed E-state index contributed by atoms with van der Waals surface area (Å²) >= 11 is 0. The normalized spacial score (nSPS) is 12.6. The van der Waals surface area contributed by atoms with E-state index in [4.69, 9.17) is 0 Å². The maximum absolute atomic E-state index is 4.29. The predicted molar refractivity (Wildman–Crippen MR) is 79.3 cm³/mol. The fraction of sp³-hybridized carbons (Fsp3) is 0.438. The van der Waals surface area contributed by atoms with E-state index in [2.05, 4.69) is 53.8 Å². The minimum Gasteiger partial charge on any atom is -0.333 e. The second kappa shape index (κ2) is 6.02. The molecule has 0 saturated carbocycles. The van der Waals surface area contributed by atoms with Crippen LogP contribution in [0.25, 0.3) is 0 Å². The molecule has 0 aliphatic carbocycles. The monoisotopic (exact) mass is 257 g/mol. The van der Waals surface area contributed by atoms with Crippen LogP contribution in [0.5, 0.6) is 0 Å². The molecule has 2 aromatic rings. The van der Waals surface area contributed by atoms with Crippen LogP contribution in [0.1, 0.15) is 35.5 Å². The summed E-state index contributed by atoms with van der Waals surface area (Å²) in [5.74, 6) is 1.06. The van der Waals surface area contributed by atoms with Crippen LogP contribution in [-0.4, -0.2) is 16.1 Å². The molecule has 0 spiro atoms. The molecule has 1 atom stereocenters. The maximum atomic E-state index is 4.29. The molecule has 3 nitrogen and oxygen atoms in total. The summed E-state index contributed by atoms with van der Waals surface area (Å²) in [6, 6.07) is 7.05. The molecule has 1 aromatic heterocycles. The van der Waals surface area contributed by atoms with Gasteiger partial charge in [0, 0.05) is 18.9 Å². The van der Waals surface area contributed by atoms with Gasteiger partial charge in [-0.2, -0.15) is 0 Å². The molecule has 1 unspecified atom stereocenters. The highest BCUT2D eigenvalue weighted by molar-refractivity contribution is 5.31. The number of aryl methyl sites for hydroxylation is 3. The number of aromatic nitrogens is 2. The first-order chi connectivity index (χ1) is 9.11. The average molecular weight is 257 g/mol. The van der Waals surface area contributed by atoms with Crippen molar-refractivity contribution in [1.29, 1.82) is 0 Å². The molecule has 102 valence electrons. The highest BCUT2D eigenvalue weighted by atomic mass is 15.1. The number of likely N-dealkylation sites (N-methyl/N-ethyl adjacent to an activating group) is 1. The Balaban J connectivity index is 2.24. The Labute approximate surface area is 115 Å². The highest BCUT2D eigenvalue weighted by Gasteiger charge is 2.12. The number of rotatable bonds is 5. The lowest BCUT2D eigenvalue weighted by atomic mass is 10.0. The van der Waals surface area contributed by atoms with E-state index in [-0.39, 0.29) is 0 Å². The van der Waals surface area contributed by atoms with Gasteiger partial charge in [-0.3, -0.25) is 0 Å². The predicted octanol–water partition coefficient (Wildman–Crippen LogP) is 3.16. The van der Waals surface area contributed by atoms with E-state index in [9.17, 15) is 0 Å². The molecule has 1 aromatic carbocycles. The van der Waals surface area contributed by atoms with Gasteiger partial charge in [-0.1, -0.05) is 25.1 Å². The van der Waals surface area contributed by atoms with Gasteiger partial charge in [-0.05, 0) is 44.0 Å². The molecule has 0 aliphatic heterocycles. The Morgan fingerprint density at radius 2 is 2.00 bits per heavy atom. The van der Waals surface area contributed by atoms with Crippen molar-refractivity contribution in [3.63, 3.8) is 0 Å². The third-order valence-electron chi connectivity index (χ3n) is 3.69. The number of nitrogens with zero attached hydrogens (tertiary/aromatic N) is 2. The summed E-state index contributed by atoms with van der Waals surface area (Å²) in [4.78, 5) is 4.29. The van der Waals surface area contributed by atoms with E-state index in [1.807, 2.05) is 19.3 Å². The number of benzene rings is 1.